The summed E-state index contributed by atoms with van der Waals surface area (Å²) in [5.41, 5.74) is 2.34. The van der Waals surface area contributed by atoms with E-state index in [1.807, 2.05) is 30.3 Å². The molecule has 0 amide bonds. The molecule has 9 atom stereocenters. The molecule has 0 unspecified atom stereocenters. The quantitative estimate of drug-likeness (QED) is 0.241. The lowest BCUT2D eigenvalue weighted by Gasteiger charge is -2.59. The molecule has 0 aliphatic heterocycles. The Labute approximate surface area is 242 Å². The van der Waals surface area contributed by atoms with Gasteiger partial charge in [-0.05, 0) is 97.2 Å². The molecule has 0 heterocycles. The van der Waals surface area contributed by atoms with Gasteiger partial charge in [-0.25, -0.2) is 4.79 Å². The van der Waals surface area contributed by atoms with Crippen LogP contribution in [0, 0.1) is 46.3 Å². The van der Waals surface area contributed by atoms with Crippen LogP contribution in [0.25, 0.3) is 0 Å². The smallest absolute Gasteiger partial charge is 0.338 e. The monoisotopic (exact) mass is 548 g/mol. The first-order valence-corrected chi connectivity index (χ1v) is 16.2. The number of esters is 2. The molecule has 0 radical (unpaired) electrons. The molecular formula is C36H52O4. The van der Waals surface area contributed by atoms with Crippen molar-refractivity contribution in [2.75, 3.05) is 0 Å². The minimum absolute atomic E-state index is 0.0738. The van der Waals surface area contributed by atoms with Crippen molar-refractivity contribution < 1.29 is 19.1 Å². The van der Waals surface area contributed by atoms with Crippen molar-refractivity contribution in [1.82, 2.24) is 0 Å². The lowest BCUT2D eigenvalue weighted by atomic mass is 9.46. The van der Waals surface area contributed by atoms with Gasteiger partial charge in [0.1, 0.15) is 12.2 Å². The molecule has 0 saturated heterocycles. The predicted octanol–water partition coefficient (Wildman–Crippen LogP) is 8.80. The molecule has 4 aliphatic carbocycles. The Morgan fingerprint density at radius 3 is 2.38 bits per heavy atom. The standard InChI is InChI=1S/C36H52O4/c1-23(2)11-10-12-24(3)29-15-16-30-33-31(18-20-36(29,30)6)35(5)19-17-28(39-25(4)37)21-27(35)22-32(33)40-34(38)26-13-8-7-9-14-26/h7-9,13-14,22-24,28-33H,10-12,15-21H2,1-6H3/t24-,28-,29+,30-,31-,32+,33-,35-,36+/m0/s1. The zero-order valence-electron chi connectivity index (χ0n) is 25.8. The number of fused-ring (bicyclic) bond motifs is 5. The molecule has 0 N–H and O–H groups in total. The van der Waals surface area contributed by atoms with E-state index < -0.39 is 0 Å². The van der Waals surface area contributed by atoms with Crippen molar-refractivity contribution in [3.8, 4) is 0 Å². The maximum atomic E-state index is 13.4. The third-order valence-corrected chi connectivity index (χ3v) is 11.8. The first-order valence-electron chi connectivity index (χ1n) is 16.2. The number of benzene rings is 1. The molecule has 220 valence electrons. The fourth-order valence-corrected chi connectivity index (χ4v) is 9.83. The van der Waals surface area contributed by atoms with Crippen molar-refractivity contribution in [2.45, 2.75) is 118 Å². The number of rotatable bonds is 8. The Hall–Kier alpha value is -2.10. The van der Waals surface area contributed by atoms with E-state index in [-0.39, 0.29) is 29.6 Å². The van der Waals surface area contributed by atoms with Gasteiger partial charge in [0, 0.05) is 19.3 Å². The van der Waals surface area contributed by atoms with Crippen LogP contribution in [-0.4, -0.2) is 24.1 Å². The molecule has 40 heavy (non-hydrogen) atoms. The van der Waals surface area contributed by atoms with Gasteiger partial charge in [0.25, 0.3) is 0 Å². The first kappa shape index (κ1) is 29.4. The van der Waals surface area contributed by atoms with E-state index in [4.69, 9.17) is 9.47 Å². The van der Waals surface area contributed by atoms with Gasteiger partial charge < -0.3 is 9.47 Å². The van der Waals surface area contributed by atoms with Gasteiger partial charge in [-0.1, -0.05) is 77.7 Å². The molecule has 3 fully saturated rings. The number of ether oxygens (including phenoxy) is 2. The van der Waals surface area contributed by atoms with Crippen LogP contribution >= 0.6 is 0 Å². The SMILES string of the molecule is CC(=O)O[C@H]1CC[C@@]2(C)C(=C[C@@H](OC(=O)c3ccccc3)[C@H]3[C@@H]4CC[C@H]([C@@H](C)CCCC(C)C)[C@@]4(C)CC[C@@H]32)C1. The van der Waals surface area contributed by atoms with Crippen LogP contribution in [-0.2, 0) is 14.3 Å². The summed E-state index contributed by atoms with van der Waals surface area (Å²) in [5, 5.41) is 0. The van der Waals surface area contributed by atoms with Gasteiger partial charge in [0.2, 0.25) is 0 Å². The Morgan fingerprint density at radius 1 is 0.925 bits per heavy atom. The summed E-state index contributed by atoms with van der Waals surface area (Å²) in [5.74, 6) is 3.23. The summed E-state index contributed by atoms with van der Waals surface area (Å²) in [7, 11) is 0. The third-order valence-electron chi connectivity index (χ3n) is 11.8. The van der Waals surface area contributed by atoms with Crippen molar-refractivity contribution in [3.05, 3.63) is 47.5 Å². The average molecular weight is 549 g/mol. The van der Waals surface area contributed by atoms with E-state index in [2.05, 4.69) is 40.7 Å². The van der Waals surface area contributed by atoms with Gasteiger partial charge >= 0.3 is 11.9 Å². The Balaban J connectivity index is 1.45. The minimum Gasteiger partial charge on any atom is -0.462 e. The number of carbonyl (C=O) groups is 2. The summed E-state index contributed by atoms with van der Waals surface area (Å²) >= 11 is 0. The van der Waals surface area contributed by atoms with Gasteiger partial charge in [-0.3, -0.25) is 4.79 Å². The number of hydrogen-bond donors (Lipinski definition) is 0. The van der Waals surface area contributed by atoms with E-state index in [0.29, 0.717) is 28.7 Å². The summed E-state index contributed by atoms with van der Waals surface area (Å²) in [6, 6.07) is 9.45. The van der Waals surface area contributed by atoms with Crippen LogP contribution in [0.4, 0.5) is 0 Å². The van der Waals surface area contributed by atoms with Gasteiger partial charge in [-0.2, -0.15) is 0 Å². The van der Waals surface area contributed by atoms with Crippen LogP contribution in [0.2, 0.25) is 0 Å². The molecule has 0 bridgehead atoms. The fraction of sp³-hybridized carbons (Fsp3) is 0.722. The van der Waals surface area contributed by atoms with E-state index in [9.17, 15) is 9.59 Å². The van der Waals surface area contributed by atoms with Gasteiger partial charge in [-0.15, -0.1) is 0 Å². The van der Waals surface area contributed by atoms with Crippen molar-refractivity contribution >= 4 is 11.9 Å². The second-order valence-electron chi connectivity index (χ2n) is 14.6. The predicted molar refractivity (Wildman–Crippen MR) is 160 cm³/mol. The normalized spacial score (nSPS) is 37.5. The lowest BCUT2D eigenvalue weighted by molar-refractivity contribution is -0.149. The molecular weight excluding hydrogens is 496 g/mol. The molecule has 4 aliphatic rings. The largest absolute Gasteiger partial charge is 0.462 e. The number of hydrogen-bond acceptors (Lipinski definition) is 4. The zero-order chi connectivity index (χ0) is 28.7. The topological polar surface area (TPSA) is 52.6 Å². The summed E-state index contributed by atoms with van der Waals surface area (Å²) in [6.07, 6.45) is 13.7. The zero-order valence-corrected chi connectivity index (χ0v) is 25.8. The van der Waals surface area contributed by atoms with E-state index in [1.165, 1.54) is 57.4 Å². The summed E-state index contributed by atoms with van der Waals surface area (Å²) < 4.78 is 12.2. The first-order chi connectivity index (χ1) is 19.0. The van der Waals surface area contributed by atoms with Crippen LogP contribution in [0.15, 0.2) is 42.0 Å². The highest BCUT2D eigenvalue weighted by molar-refractivity contribution is 5.89. The van der Waals surface area contributed by atoms with Crippen LogP contribution in [0.3, 0.4) is 0 Å². The molecule has 1 aromatic rings. The van der Waals surface area contributed by atoms with E-state index in [0.717, 1.165) is 37.0 Å². The average Bonchev–Trinajstić information content (AvgIpc) is 3.26. The highest BCUT2D eigenvalue weighted by Gasteiger charge is 2.62. The molecule has 5 rings (SSSR count). The van der Waals surface area contributed by atoms with Crippen LogP contribution in [0.1, 0.15) is 116 Å². The second kappa shape index (κ2) is 11.6. The number of carbonyl (C=O) groups excluding carboxylic acids is 2. The maximum absolute atomic E-state index is 13.4. The lowest BCUT2D eigenvalue weighted by Crippen LogP contribution is -2.55. The second-order valence-corrected chi connectivity index (χ2v) is 14.6. The fourth-order valence-electron chi connectivity index (χ4n) is 9.83. The molecule has 1 aromatic carbocycles. The highest BCUT2D eigenvalue weighted by Crippen LogP contribution is 2.67. The van der Waals surface area contributed by atoms with Crippen LogP contribution < -0.4 is 0 Å². The van der Waals surface area contributed by atoms with Crippen molar-refractivity contribution in [1.29, 1.82) is 0 Å². The van der Waals surface area contributed by atoms with Crippen molar-refractivity contribution in [3.63, 3.8) is 0 Å². The van der Waals surface area contributed by atoms with Crippen molar-refractivity contribution in [2.24, 2.45) is 46.3 Å². The van der Waals surface area contributed by atoms with Crippen LogP contribution in [0.5, 0.6) is 0 Å². The highest BCUT2D eigenvalue weighted by atomic mass is 16.5. The van der Waals surface area contributed by atoms with Gasteiger partial charge in [0.05, 0.1) is 5.56 Å². The minimum atomic E-state index is -0.225. The molecule has 4 nitrogen and oxygen atoms in total. The molecule has 3 saturated carbocycles. The Morgan fingerprint density at radius 2 is 1.68 bits per heavy atom. The summed E-state index contributed by atoms with van der Waals surface area (Å²) in [6.45, 7) is 13.7. The van der Waals surface area contributed by atoms with E-state index in [1.54, 1.807) is 0 Å². The Bertz CT molecular complexity index is 1090. The Kier molecular flexibility index (Phi) is 8.56. The molecule has 0 spiro atoms. The third kappa shape index (κ3) is 5.53. The maximum Gasteiger partial charge on any atom is 0.338 e. The molecule has 0 aromatic heterocycles. The molecule has 4 heteroatoms. The van der Waals surface area contributed by atoms with Gasteiger partial charge in [0.15, 0.2) is 0 Å². The summed E-state index contributed by atoms with van der Waals surface area (Å²) in [4.78, 5) is 25.2. The van der Waals surface area contributed by atoms with E-state index >= 15 is 0 Å².